The minimum atomic E-state index is -0.465. The maximum absolute atomic E-state index is 12.7. The number of hydrogen-bond acceptors (Lipinski definition) is 4. The Labute approximate surface area is 168 Å². The number of carbonyl (C=O) groups is 1. The van der Waals surface area contributed by atoms with Crippen LogP contribution < -0.4 is 4.74 Å². The fourth-order valence-corrected chi connectivity index (χ4v) is 4.42. The molecule has 1 aliphatic heterocycles. The zero-order valence-electron chi connectivity index (χ0n) is 16.1. The molecule has 1 unspecified atom stereocenters. The topological polar surface area (TPSA) is 71.7 Å². The fourth-order valence-electron chi connectivity index (χ4n) is 4.42. The number of nitrogens with zero attached hydrogens (tertiary/aromatic N) is 1. The fraction of sp³-hybridized carbons (Fsp3) is 0.208. The van der Waals surface area contributed by atoms with E-state index in [1.54, 1.807) is 0 Å². The Morgan fingerprint density at radius 1 is 1.14 bits per heavy atom. The van der Waals surface area contributed by atoms with Gasteiger partial charge in [0.25, 0.3) is 0 Å². The predicted molar refractivity (Wildman–Crippen MR) is 109 cm³/mol. The van der Waals surface area contributed by atoms with Crippen molar-refractivity contribution in [2.45, 2.75) is 32.2 Å². The second kappa shape index (κ2) is 6.55. The van der Waals surface area contributed by atoms with Gasteiger partial charge >= 0.3 is 5.97 Å². The zero-order chi connectivity index (χ0) is 20.1. The molecule has 146 valence electrons. The predicted octanol–water partition coefficient (Wildman–Crippen LogP) is 4.27. The number of aryl methyl sites for hydroxylation is 1. The van der Waals surface area contributed by atoms with Crippen LogP contribution in [0.4, 0.5) is 0 Å². The Balaban J connectivity index is 1.60. The van der Waals surface area contributed by atoms with E-state index >= 15 is 0 Å². The van der Waals surface area contributed by atoms with E-state index in [4.69, 9.17) is 4.74 Å². The van der Waals surface area contributed by atoms with Gasteiger partial charge in [-0.15, -0.1) is 0 Å². The van der Waals surface area contributed by atoms with E-state index in [2.05, 4.69) is 0 Å². The lowest BCUT2D eigenvalue weighted by Gasteiger charge is -2.13. The van der Waals surface area contributed by atoms with Crippen LogP contribution in [-0.2, 0) is 17.8 Å². The van der Waals surface area contributed by atoms with E-state index < -0.39 is 5.92 Å². The molecule has 3 aromatic rings. The molecule has 1 atom stereocenters. The Morgan fingerprint density at radius 2 is 1.93 bits per heavy atom. The number of benzene rings is 2. The molecule has 0 radical (unpaired) electrons. The molecule has 0 saturated heterocycles. The molecular formula is C24H21NO4. The van der Waals surface area contributed by atoms with Crippen LogP contribution in [0.15, 0.2) is 48.5 Å². The van der Waals surface area contributed by atoms with Gasteiger partial charge in [0.2, 0.25) is 5.88 Å². The van der Waals surface area contributed by atoms with Crippen LogP contribution in [0.3, 0.4) is 0 Å². The normalized spacial score (nSPS) is 17.1. The van der Waals surface area contributed by atoms with Crippen LogP contribution in [0.25, 0.3) is 6.08 Å². The Hall–Kier alpha value is -3.47. The summed E-state index contributed by atoms with van der Waals surface area (Å²) in [6.07, 6.45) is 5.36. The minimum Gasteiger partial charge on any atom is -0.494 e. The van der Waals surface area contributed by atoms with Gasteiger partial charge in [0, 0.05) is 22.3 Å². The number of ether oxygens (including phenoxy) is 1. The maximum Gasteiger partial charge on any atom is 0.323 e. The van der Waals surface area contributed by atoms with Gasteiger partial charge < -0.3 is 14.9 Å². The van der Waals surface area contributed by atoms with Gasteiger partial charge in [-0.3, -0.25) is 9.36 Å². The first-order chi connectivity index (χ1) is 14.0. The summed E-state index contributed by atoms with van der Waals surface area (Å²) in [5.41, 5.74) is 4.89. The van der Waals surface area contributed by atoms with Gasteiger partial charge in [0.05, 0.1) is 6.54 Å². The van der Waals surface area contributed by atoms with Gasteiger partial charge in [-0.25, -0.2) is 0 Å². The van der Waals surface area contributed by atoms with Crippen LogP contribution in [0.1, 0.15) is 45.7 Å². The van der Waals surface area contributed by atoms with Crippen molar-refractivity contribution in [2.75, 3.05) is 0 Å². The molecule has 0 fully saturated rings. The summed E-state index contributed by atoms with van der Waals surface area (Å²) in [7, 11) is 0. The van der Waals surface area contributed by atoms with Gasteiger partial charge in [-0.1, -0.05) is 60.2 Å². The lowest BCUT2D eigenvalue weighted by molar-refractivity contribution is -0.133. The summed E-state index contributed by atoms with van der Waals surface area (Å²) < 4.78 is 7.17. The van der Waals surface area contributed by atoms with Crippen LogP contribution in [0.5, 0.6) is 17.5 Å². The number of aromatic nitrogens is 1. The molecule has 2 N–H and O–H groups in total. The molecule has 0 spiro atoms. The third kappa shape index (κ3) is 2.73. The van der Waals surface area contributed by atoms with Gasteiger partial charge in [0.1, 0.15) is 11.7 Å². The molecule has 5 rings (SSSR count). The summed E-state index contributed by atoms with van der Waals surface area (Å²) in [5, 5.41) is 21.3. The molecule has 0 saturated carbocycles. The standard InChI is InChI=1S/C24H21NO4/c1-14-11-16(13-25-22(26)17-9-5-6-10-18(17)23(25)27)21-19(12-14)20(24(28)29-21)15-7-3-2-4-8-15/h2-5,7-9,11-12,20,26-27H,6,10,13H2,1H3. The monoisotopic (exact) mass is 387 g/mol. The molecular weight excluding hydrogens is 366 g/mol. The van der Waals surface area contributed by atoms with Crippen molar-refractivity contribution in [2.24, 2.45) is 0 Å². The van der Waals surface area contributed by atoms with Gasteiger partial charge in [0.15, 0.2) is 5.88 Å². The average molecular weight is 387 g/mol. The number of carbonyl (C=O) groups excluding carboxylic acids is 1. The number of aromatic hydroxyl groups is 2. The lowest BCUT2D eigenvalue weighted by Crippen LogP contribution is -2.11. The molecule has 1 aliphatic carbocycles. The maximum atomic E-state index is 12.7. The summed E-state index contributed by atoms with van der Waals surface area (Å²) >= 11 is 0. The first kappa shape index (κ1) is 17.6. The largest absolute Gasteiger partial charge is 0.494 e. The Kier molecular flexibility index (Phi) is 3.98. The first-order valence-corrected chi connectivity index (χ1v) is 9.74. The Bertz CT molecular complexity index is 1160. The molecule has 29 heavy (non-hydrogen) atoms. The van der Waals surface area contributed by atoms with E-state index in [9.17, 15) is 15.0 Å². The van der Waals surface area contributed by atoms with Crippen molar-refractivity contribution in [1.82, 2.24) is 4.57 Å². The highest BCUT2D eigenvalue weighted by atomic mass is 16.5. The van der Waals surface area contributed by atoms with Crippen molar-refractivity contribution < 1.29 is 19.7 Å². The van der Waals surface area contributed by atoms with Crippen molar-refractivity contribution in [3.63, 3.8) is 0 Å². The number of allylic oxidation sites excluding steroid dienone is 1. The molecule has 2 heterocycles. The van der Waals surface area contributed by atoms with E-state index in [-0.39, 0.29) is 24.3 Å². The first-order valence-electron chi connectivity index (χ1n) is 9.74. The minimum absolute atomic E-state index is 0.0349. The Morgan fingerprint density at radius 3 is 2.69 bits per heavy atom. The van der Waals surface area contributed by atoms with Crippen molar-refractivity contribution >= 4 is 12.0 Å². The van der Waals surface area contributed by atoms with Crippen LogP contribution >= 0.6 is 0 Å². The van der Waals surface area contributed by atoms with Gasteiger partial charge in [-0.05, 0) is 25.3 Å². The highest BCUT2D eigenvalue weighted by Gasteiger charge is 2.36. The molecule has 0 amide bonds. The second-order valence-electron chi connectivity index (χ2n) is 7.67. The van der Waals surface area contributed by atoms with E-state index in [0.717, 1.165) is 34.2 Å². The quantitative estimate of drug-likeness (QED) is 0.520. The van der Waals surface area contributed by atoms with Crippen LogP contribution in [0.2, 0.25) is 0 Å². The molecule has 2 aromatic carbocycles. The average Bonchev–Trinajstić information content (AvgIpc) is 3.18. The molecule has 5 nitrogen and oxygen atoms in total. The molecule has 5 heteroatoms. The molecule has 2 aliphatic rings. The summed E-state index contributed by atoms with van der Waals surface area (Å²) in [4.78, 5) is 12.7. The van der Waals surface area contributed by atoms with E-state index in [1.807, 2.05) is 61.5 Å². The van der Waals surface area contributed by atoms with E-state index in [1.165, 1.54) is 4.57 Å². The highest BCUT2D eigenvalue weighted by molar-refractivity contribution is 5.90. The lowest BCUT2D eigenvalue weighted by atomic mass is 9.90. The van der Waals surface area contributed by atoms with Crippen LogP contribution in [-0.4, -0.2) is 20.7 Å². The second-order valence-corrected chi connectivity index (χ2v) is 7.67. The van der Waals surface area contributed by atoms with Crippen molar-refractivity contribution in [1.29, 1.82) is 0 Å². The summed E-state index contributed by atoms with van der Waals surface area (Å²) in [6, 6.07) is 13.5. The molecule has 1 aromatic heterocycles. The van der Waals surface area contributed by atoms with E-state index in [0.29, 0.717) is 17.7 Å². The number of rotatable bonds is 3. The van der Waals surface area contributed by atoms with Gasteiger partial charge in [-0.2, -0.15) is 0 Å². The summed E-state index contributed by atoms with van der Waals surface area (Å²) in [5.74, 6) is -0.141. The third-order valence-corrected chi connectivity index (χ3v) is 5.74. The SMILES string of the molecule is Cc1cc(Cn2c(O)c3c(c2O)CCC=C3)c2c(c1)C(c1ccccc1)C(=O)O2. The van der Waals surface area contributed by atoms with Crippen LogP contribution in [0, 0.1) is 6.92 Å². The number of fused-ring (bicyclic) bond motifs is 2. The number of hydrogen-bond donors (Lipinski definition) is 2. The smallest absolute Gasteiger partial charge is 0.323 e. The van der Waals surface area contributed by atoms with Crippen molar-refractivity contribution in [3.8, 4) is 17.5 Å². The highest BCUT2D eigenvalue weighted by Crippen LogP contribution is 2.44. The zero-order valence-corrected chi connectivity index (χ0v) is 16.1. The third-order valence-electron chi connectivity index (χ3n) is 5.74. The van der Waals surface area contributed by atoms with Crippen molar-refractivity contribution in [3.05, 3.63) is 81.9 Å². The summed E-state index contributed by atoms with van der Waals surface area (Å²) in [6.45, 7) is 2.19. The molecule has 0 bridgehead atoms. The number of esters is 1.